The summed E-state index contributed by atoms with van der Waals surface area (Å²) in [7, 11) is 0. The van der Waals surface area contributed by atoms with Gasteiger partial charge in [-0.2, -0.15) is 0 Å². The molecule has 0 saturated carbocycles. The van der Waals surface area contributed by atoms with Crippen molar-refractivity contribution >= 4 is 34.8 Å². The van der Waals surface area contributed by atoms with Crippen LogP contribution >= 0.6 is 23.2 Å². The van der Waals surface area contributed by atoms with Gasteiger partial charge in [-0.3, -0.25) is 0 Å². The topological polar surface area (TPSA) is 85.1 Å². The van der Waals surface area contributed by atoms with Crippen LogP contribution < -0.4 is 21.1 Å². The Morgan fingerprint density at radius 1 is 1.15 bits per heavy atom. The number of nitrogens with zero attached hydrogens (tertiary/aromatic N) is 2. The van der Waals surface area contributed by atoms with Gasteiger partial charge >= 0.3 is 0 Å². The summed E-state index contributed by atoms with van der Waals surface area (Å²) in [6.45, 7) is 4.85. The minimum absolute atomic E-state index is 0.0740. The highest BCUT2D eigenvalue weighted by molar-refractivity contribution is 6.36. The fourth-order valence-corrected chi connectivity index (χ4v) is 4.79. The van der Waals surface area contributed by atoms with E-state index in [4.69, 9.17) is 33.7 Å². The summed E-state index contributed by atoms with van der Waals surface area (Å²) in [5.41, 5.74) is 8.06. The highest BCUT2D eigenvalue weighted by Crippen LogP contribution is 2.37. The lowest BCUT2D eigenvalue weighted by Gasteiger charge is -2.22. The number of nitrogens with two attached hydrogens (primary N) is 1. The largest absolute Gasteiger partial charge is 0.482 e. The average Bonchev–Trinajstić information content (AvgIpc) is 2.84. The van der Waals surface area contributed by atoms with Crippen molar-refractivity contribution in [2.75, 3.05) is 30.7 Å². The maximum atomic E-state index is 13.9. The van der Waals surface area contributed by atoms with Crippen molar-refractivity contribution in [3.63, 3.8) is 0 Å². The molecule has 3 heterocycles. The number of hydrogen-bond acceptors (Lipinski definition) is 6. The lowest BCUT2D eigenvalue weighted by Crippen LogP contribution is -2.28. The van der Waals surface area contributed by atoms with Crippen molar-refractivity contribution in [3.8, 4) is 16.9 Å². The molecular formula is C25H28Cl2FN5O. The predicted octanol–water partition coefficient (Wildman–Crippen LogP) is 6.11. The molecule has 2 aromatic heterocycles. The minimum atomic E-state index is -0.639. The van der Waals surface area contributed by atoms with E-state index >= 15 is 0 Å². The summed E-state index contributed by atoms with van der Waals surface area (Å²) >= 11 is 12.3. The van der Waals surface area contributed by atoms with E-state index < -0.39 is 11.9 Å². The molecule has 0 bridgehead atoms. The van der Waals surface area contributed by atoms with Crippen LogP contribution in [0.5, 0.6) is 5.75 Å². The van der Waals surface area contributed by atoms with Gasteiger partial charge in [-0.15, -0.1) is 0 Å². The predicted molar refractivity (Wildman–Crippen MR) is 136 cm³/mol. The molecule has 1 unspecified atom stereocenters. The van der Waals surface area contributed by atoms with E-state index in [0.29, 0.717) is 16.3 Å². The third kappa shape index (κ3) is 5.90. The highest BCUT2D eigenvalue weighted by atomic mass is 35.5. The number of pyridine rings is 2. The van der Waals surface area contributed by atoms with Gasteiger partial charge in [-0.05, 0) is 75.5 Å². The van der Waals surface area contributed by atoms with Crippen LogP contribution in [0.3, 0.4) is 0 Å². The number of benzene rings is 1. The fourth-order valence-electron chi connectivity index (χ4n) is 4.12. The monoisotopic (exact) mass is 503 g/mol. The molecule has 0 spiro atoms. The van der Waals surface area contributed by atoms with E-state index in [9.17, 15) is 4.39 Å². The highest BCUT2D eigenvalue weighted by Gasteiger charge is 2.20. The minimum Gasteiger partial charge on any atom is -0.482 e. The number of anilines is 2. The quantitative estimate of drug-likeness (QED) is 0.321. The van der Waals surface area contributed by atoms with Crippen LogP contribution in [0, 0.1) is 11.7 Å². The second-order valence-electron chi connectivity index (χ2n) is 8.47. The zero-order chi connectivity index (χ0) is 24.1. The maximum Gasteiger partial charge on any atom is 0.166 e. The lowest BCUT2D eigenvalue weighted by molar-refractivity contribution is 0.227. The molecule has 1 atom stereocenters. The first kappa shape index (κ1) is 24.5. The van der Waals surface area contributed by atoms with E-state index in [1.807, 2.05) is 12.1 Å². The molecule has 34 heavy (non-hydrogen) atoms. The normalized spacial score (nSPS) is 15.2. The van der Waals surface area contributed by atoms with Crippen LogP contribution in [0.25, 0.3) is 11.1 Å². The number of nitrogens with one attached hydrogen (secondary N) is 2. The summed E-state index contributed by atoms with van der Waals surface area (Å²) in [6.07, 6.45) is 6.42. The Balaban J connectivity index is 1.43. The van der Waals surface area contributed by atoms with Crippen LogP contribution in [-0.2, 0) is 0 Å². The van der Waals surface area contributed by atoms with Gasteiger partial charge in [0.25, 0.3) is 0 Å². The molecule has 0 amide bonds. The SMILES string of the molecule is CC(Oc1cc(-c2ccc(NCCC3CCNCC3)nc2)cnc1N)c1c(Cl)ccc(F)c1Cl. The summed E-state index contributed by atoms with van der Waals surface area (Å²) < 4.78 is 19.9. The molecular weight excluding hydrogens is 476 g/mol. The number of hydrogen-bond donors (Lipinski definition) is 3. The third-order valence-corrected chi connectivity index (χ3v) is 6.80. The van der Waals surface area contributed by atoms with E-state index in [1.165, 1.54) is 25.0 Å². The second-order valence-corrected chi connectivity index (χ2v) is 9.25. The van der Waals surface area contributed by atoms with Crippen molar-refractivity contribution in [1.29, 1.82) is 0 Å². The molecule has 1 aliphatic heterocycles. The molecule has 3 aromatic rings. The second kappa shape index (κ2) is 11.2. The Morgan fingerprint density at radius 3 is 2.65 bits per heavy atom. The van der Waals surface area contributed by atoms with Crippen molar-refractivity contribution in [2.24, 2.45) is 5.92 Å². The molecule has 4 N–H and O–H groups in total. The zero-order valence-corrected chi connectivity index (χ0v) is 20.5. The van der Waals surface area contributed by atoms with Crippen molar-refractivity contribution in [3.05, 3.63) is 64.2 Å². The summed E-state index contributed by atoms with van der Waals surface area (Å²) in [5, 5.41) is 7.04. The van der Waals surface area contributed by atoms with Crippen molar-refractivity contribution in [2.45, 2.75) is 32.3 Å². The van der Waals surface area contributed by atoms with Gasteiger partial charge in [-0.1, -0.05) is 23.2 Å². The first-order valence-electron chi connectivity index (χ1n) is 11.4. The molecule has 6 nitrogen and oxygen atoms in total. The lowest BCUT2D eigenvalue weighted by atomic mass is 9.95. The molecule has 1 aliphatic rings. The van der Waals surface area contributed by atoms with Crippen LogP contribution in [0.1, 0.15) is 37.9 Å². The number of halogens is 3. The molecule has 9 heteroatoms. The smallest absolute Gasteiger partial charge is 0.166 e. The van der Waals surface area contributed by atoms with Gasteiger partial charge in [0, 0.05) is 40.7 Å². The third-order valence-electron chi connectivity index (χ3n) is 6.09. The Morgan fingerprint density at radius 2 is 1.91 bits per heavy atom. The average molecular weight is 504 g/mol. The molecule has 0 radical (unpaired) electrons. The zero-order valence-electron chi connectivity index (χ0n) is 19.0. The van der Waals surface area contributed by atoms with Crippen LogP contribution in [0.2, 0.25) is 10.0 Å². The van der Waals surface area contributed by atoms with Crippen LogP contribution in [0.15, 0.2) is 42.7 Å². The number of piperidine rings is 1. The first-order valence-corrected chi connectivity index (χ1v) is 12.1. The van der Waals surface area contributed by atoms with Gasteiger partial charge in [0.2, 0.25) is 0 Å². The van der Waals surface area contributed by atoms with E-state index in [1.54, 1.807) is 25.4 Å². The van der Waals surface area contributed by atoms with Gasteiger partial charge < -0.3 is 21.1 Å². The molecule has 1 aromatic carbocycles. The Labute approximate surface area is 209 Å². The van der Waals surface area contributed by atoms with Gasteiger partial charge in [0.05, 0.1) is 5.02 Å². The molecule has 1 fully saturated rings. The van der Waals surface area contributed by atoms with Gasteiger partial charge in [-0.25, -0.2) is 14.4 Å². The first-order chi connectivity index (χ1) is 16.4. The van der Waals surface area contributed by atoms with Crippen LogP contribution in [-0.4, -0.2) is 29.6 Å². The van der Waals surface area contributed by atoms with Crippen molar-refractivity contribution < 1.29 is 9.13 Å². The van der Waals surface area contributed by atoms with Gasteiger partial charge in [0.15, 0.2) is 11.6 Å². The van der Waals surface area contributed by atoms with E-state index in [-0.39, 0.29) is 10.8 Å². The summed E-state index contributed by atoms with van der Waals surface area (Å²) in [5.74, 6) is 1.61. The Kier molecular flexibility index (Phi) is 8.08. The molecule has 0 aliphatic carbocycles. The van der Waals surface area contributed by atoms with E-state index in [0.717, 1.165) is 48.9 Å². The molecule has 180 valence electrons. The van der Waals surface area contributed by atoms with Gasteiger partial charge in [0.1, 0.15) is 17.7 Å². The Bertz CT molecular complexity index is 1120. The molecule has 1 saturated heterocycles. The number of nitrogen functional groups attached to an aromatic ring is 1. The standard InChI is InChI=1S/C25H28Cl2FN5O/c1-15(23-19(26)3-4-20(28)24(23)27)34-21-12-18(14-33-25(21)29)17-2-5-22(32-13-17)31-11-8-16-6-9-30-10-7-16/h2-5,12-16,30H,6-11H2,1H3,(H2,29,33)(H,31,32). The van der Waals surface area contributed by atoms with E-state index in [2.05, 4.69) is 20.6 Å². The van der Waals surface area contributed by atoms with Crippen LogP contribution in [0.4, 0.5) is 16.0 Å². The molecule has 4 rings (SSSR count). The summed E-state index contributed by atoms with van der Waals surface area (Å²) in [6, 6.07) is 8.37. The maximum absolute atomic E-state index is 13.9. The number of aromatic nitrogens is 2. The Hall–Kier alpha value is -2.61. The fraction of sp³-hybridized carbons (Fsp3) is 0.360. The summed E-state index contributed by atoms with van der Waals surface area (Å²) in [4.78, 5) is 8.78. The number of rotatable bonds is 8. The number of ether oxygens (including phenoxy) is 1. The van der Waals surface area contributed by atoms with Crippen molar-refractivity contribution in [1.82, 2.24) is 15.3 Å².